The van der Waals surface area contributed by atoms with Crippen LogP contribution in [0.1, 0.15) is 36.7 Å². The number of nitrogens with zero attached hydrogens (tertiary/aromatic N) is 3. The zero-order valence-electron chi connectivity index (χ0n) is 14.8. The van der Waals surface area contributed by atoms with Crippen LogP contribution in [0, 0.1) is 19.8 Å². The van der Waals surface area contributed by atoms with Crippen LogP contribution >= 0.6 is 24.8 Å². The minimum absolute atomic E-state index is 0. The summed E-state index contributed by atoms with van der Waals surface area (Å²) in [5, 5.41) is 7.79. The summed E-state index contributed by atoms with van der Waals surface area (Å²) in [6.45, 7) is 8.15. The smallest absolute Gasteiger partial charge is 0.225 e. The molecule has 1 aliphatic heterocycles. The Balaban J connectivity index is 0.00000242. The quantitative estimate of drug-likeness (QED) is 0.891. The molecule has 1 aliphatic rings. The molecule has 0 aromatic carbocycles. The third-order valence-electron chi connectivity index (χ3n) is 4.79. The Hall–Kier alpha value is -0.780. The fourth-order valence-corrected chi connectivity index (χ4v) is 3.23. The van der Waals surface area contributed by atoms with Crippen molar-refractivity contribution in [2.45, 2.75) is 46.1 Å². The fourth-order valence-electron chi connectivity index (χ4n) is 3.23. The maximum atomic E-state index is 12.7. The van der Waals surface area contributed by atoms with Gasteiger partial charge in [0.25, 0.3) is 0 Å². The number of piperidine rings is 1. The lowest BCUT2D eigenvalue weighted by atomic mass is 9.96. The molecule has 7 heteroatoms. The molecule has 0 spiro atoms. The third kappa shape index (κ3) is 5.10. The number of carbonyl (C=O) groups excluding carboxylic acids is 1. The van der Waals surface area contributed by atoms with Crippen molar-refractivity contribution in [3.63, 3.8) is 0 Å². The summed E-state index contributed by atoms with van der Waals surface area (Å²) in [4.78, 5) is 14.6. The standard InChI is InChI=1S/C16H28N4O.2ClH/c1-11(10-15-12(2)18-20(5)13(15)3)16(21)19(4)14-6-8-17-9-7-14;;/h11,14,17H,6-10H2,1-5H3;2*1H. The summed E-state index contributed by atoms with van der Waals surface area (Å²) >= 11 is 0. The van der Waals surface area contributed by atoms with Crippen molar-refractivity contribution in [1.29, 1.82) is 0 Å². The van der Waals surface area contributed by atoms with Gasteiger partial charge < -0.3 is 10.2 Å². The Morgan fingerprint density at radius 1 is 1.35 bits per heavy atom. The monoisotopic (exact) mass is 364 g/mol. The van der Waals surface area contributed by atoms with Gasteiger partial charge in [0.05, 0.1) is 5.69 Å². The van der Waals surface area contributed by atoms with Gasteiger partial charge in [0.1, 0.15) is 0 Å². The average molecular weight is 365 g/mol. The number of amides is 1. The molecule has 0 saturated carbocycles. The van der Waals surface area contributed by atoms with E-state index in [-0.39, 0.29) is 36.6 Å². The van der Waals surface area contributed by atoms with Crippen molar-refractivity contribution in [3.8, 4) is 0 Å². The lowest BCUT2D eigenvalue weighted by Gasteiger charge is -2.33. The molecule has 5 nitrogen and oxygen atoms in total. The number of aromatic nitrogens is 2. The molecule has 2 rings (SSSR count). The maximum absolute atomic E-state index is 12.7. The predicted octanol–water partition coefficient (Wildman–Crippen LogP) is 2.27. The van der Waals surface area contributed by atoms with Gasteiger partial charge in [-0.25, -0.2) is 0 Å². The van der Waals surface area contributed by atoms with Crippen LogP contribution < -0.4 is 5.32 Å². The van der Waals surface area contributed by atoms with Gasteiger partial charge in [-0.15, -0.1) is 24.8 Å². The number of hydrogen-bond donors (Lipinski definition) is 1. The molecule has 23 heavy (non-hydrogen) atoms. The molecule has 1 fully saturated rings. The van der Waals surface area contributed by atoms with E-state index in [0.29, 0.717) is 6.04 Å². The molecule has 1 amide bonds. The second kappa shape index (κ2) is 9.50. The maximum Gasteiger partial charge on any atom is 0.225 e. The molecule has 0 bridgehead atoms. The summed E-state index contributed by atoms with van der Waals surface area (Å²) in [5.74, 6) is 0.260. The van der Waals surface area contributed by atoms with Crippen molar-refractivity contribution in [2.75, 3.05) is 20.1 Å². The van der Waals surface area contributed by atoms with Gasteiger partial charge in [-0.1, -0.05) is 6.92 Å². The topological polar surface area (TPSA) is 50.2 Å². The van der Waals surface area contributed by atoms with Gasteiger partial charge in [0.15, 0.2) is 0 Å². The SMILES string of the molecule is Cc1nn(C)c(C)c1CC(C)C(=O)N(C)C1CCNCC1.Cl.Cl. The van der Waals surface area contributed by atoms with Crippen LogP contribution in [-0.2, 0) is 18.3 Å². The van der Waals surface area contributed by atoms with Gasteiger partial charge >= 0.3 is 0 Å². The molecule has 134 valence electrons. The van der Waals surface area contributed by atoms with Crippen LogP contribution in [0.15, 0.2) is 0 Å². The van der Waals surface area contributed by atoms with Crippen LogP contribution in [0.5, 0.6) is 0 Å². The van der Waals surface area contributed by atoms with E-state index in [0.717, 1.165) is 43.7 Å². The number of hydrogen-bond acceptors (Lipinski definition) is 3. The van der Waals surface area contributed by atoms with Crippen molar-refractivity contribution >= 4 is 30.7 Å². The summed E-state index contributed by atoms with van der Waals surface area (Å²) in [6, 6.07) is 0.386. The highest BCUT2D eigenvalue weighted by molar-refractivity contribution is 5.85. The van der Waals surface area contributed by atoms with E-state index in [2.05, 4.69) is 17.3 Å². The predicted molar refractivity (Wildman–Crippen MR) is 98.7 cm³/mol. The molecule has 0 aliphatic carbocycles. The number of carbonyl (C=O) groups is 1. The normalized spacial score (nSPS) is 16.2. The first kappa shape index (κ1) is 22.2. The van der Waals surface area contributed by atoms with Crippen molar-refractivity contribution in [1.82, 2.24) is 20.0 Å². The molecule has 0 radical (unpaired) electrons. The van der Waals surface area contributed by atoms with Crippen molar-refractivity contribution < 1.29 is 4.79 Å². The summed E-state index contributed by atoms with van der Waals surface area (Å²) in [7, 11) is 3.91. The van der Waals surface area contributed by atoms with E-state index in [9.17, 15) is 4.79 Å². The Morgan fingerprint density at radius 2 is 1.91 bits per heavy atom. The lowest BCUT2D eigenvalue weighted by molar-refractivity contribution is -0.136. The van der Waals surface area contributed by atoms with Crippen molar-refractivity contribution in [3.05, 3.63) is 17.0 Å². The average Bonchev–Trinajstić information content (AvgIpc) is 2.73. The number of rotatable bonds is 4. The van der Waals surface area contributed by atoms with Crippen LogP contribution in [0.3, 0.4) is 0 Å². The van der Waals surface area contributed by atoms with Crippen molar-refractivity contribution in [2.24, 2.45) is 13.0 Å². The number of nitrogens with one attached hydrogen (secondary N) is 1. The van der Waals surface area contributed by atoms with E-state index in [1.54, 1.807) is 0 Å². The molecule has 1 unspecified atom stereocenters. The highest BCUT2D eigenvalue weighted by Gasteiger charge is 2.26. The Morgan fingerprint density at radius 3 is 2.39 bits per heavy atom. The molecule has 1 saturated heterocycles. The summed E-state index contributed by atoms with van der Waals surface area (Å²) in [5.41, 5.74) is 3.42. The van der Waals surface area contributed by atoms with E-state index >= 15 is 0 Å². The lowest BCUT2D eigenvalue weighted by Crippen LogP contribution is -2.46. The number of aryl methyl sites for hydroxylation is 2. The van der Waals surface area contributed by atoms with E-state index < -0.39 is 0 Å². The van der Waals surface area contributed by atoms with E-state index in [1.165, 1.54) is 5.56 Å². The first-order valence-electron chi connectivity index (χ1n) is 7.88. The molecule has 2 heterocycles. The third-order valence-corrected chi connectivity index (χ3v) is 4.79. The first-order valence-corrected chi connectivity index (χ1v) is 7.88. The molecule has 1 N–H and O–H groups in total. The summed E-state index contributed by atoms with van der Waals surface area (Å²) < 4.78 is 1.90. The van der Waals surface area contributed by atoms with Gasteiger partial charge in [-0.3, -0.25) is 9.48 Å². The van der Waals surface area contributed by atoms with Crippen LogP contribution in [0.2, 0.25) is 0 Å². The second-order valence-corrected chi connectivity index (χ2v) is 6.31. The minimum Gasteiger partial charge on any atom is -0.342 e. The highest BCUT2D eigenvalue weighted by atomic mass is 35.5. The second-order valence-electron chi connectivity index (χ2n) is 6.31. The summed E-state index contributed by atoms with van der Waals surface area (Å²) in [6.07, 6.45) is 2.89. The van der Waals surface area contributed by atoms with E-state index in [4.69, 9.17) is 0 Å². The fraction of sp³-hybridized carbons (Fsp3) is 0.750. The minimum atomic E-state index is 0. The molecule has 1 atom stereocenters. The van der Waals surface area contributed by atoms with Gasteiger partial charge in [-0.2, -0.15) is 5.10 Å². The molecular weight excluding hydrogens is 335 g/mol. The zero-order chi connectivity index (χ0) is 15.6. The highest BCUT2D eigenvalue weighted by Crippen LogP contribution is 2.20. The zero-order valence-corrected chi connectivity index (χ0v) is 16.4. The first-order chi connectivity index (χ1) is 9.91. The Bertz CT molecular complexity index is 512. The molecular formula is C16H30Cl2N4O. The van der Waals surface area contributed by atoms with Crippen LogP contribution in [0.4, 0.5) is 0 Å². The largest absolute Gasteiger partial charge is 0.342 e. The van der Waals surface area contributed by atoms with Gasteiger partial charge in [0, 0.05) is 31.7 Å². The number of halogens is 2. The van der Waals surface area contributed by atoms with Crippen LogP contribution in [0.25, 0.3) is 0 Å². The molecule has 1 aromatic rings. The van der Waals surface area contributed by atoms with Gasteiger partial charge in [0.2, 0.25) is 5.91 Å². The van der Waals surface area contributed by atoms with Gasteiger partial charge in [-0.05, 0) is 51.8 Å². The molecule has 1 aromatic heterocycles. The Kier molecular flexibility index (Phi) is 9.18. The van der Waals surface area contributed by atoms with Crippen LogP contribution in [-0.4, -0.2) is 46.8 Å². The Labute approximate surface area is 152 Å². The van der Waals surface area contributed by atoms with E-state index in [1.807, 2.05) is 37.5 Å².